The minimum atomic E-state index is -3.68. The number of halogens is 1. The highest BCUT2D eigenvalue weighted by molar-refractivity contribution is 7.89. The predicted octanol–water partition coefficient (Wildman–Crippen LogP) is 4.11. The number of nitrogens with one attached hydrogen (secondary N) is 1. The van der Waals surface area contributed by atoms with Crippen molar-refractivity contribution < 1.29 is 12.8 Å². The maximum absolute atomic E-state index is 13.1. The number of sulfonamides is 1. The van der Waals surface area contributed by atoms with Crippen molar-refractivity contribution in [1.29, 1.82) is 0 Å². The molecule has 2 atom stereocenters. The number of nitrogens with two attached hydrogens (primary N) is 1. The zero-order chi connectivity index (χ0) is 19.2. The summed E-state index contributed by atoms with van der Waals surface area (Å²) >= 11 is 0. The van der Waals surface area contributed by atoms with Crippen LogP contribution in [0.1, 0.15) is 38.7 Å². The summed E-state index contributed by atoms with van der Waals surface area (Å²) in [7, 11) is -3.68. The Morgan fingerprint density at radius 2 is 1.65 bits per heavy atom. The minimum absolute atomic E-state index is 0.0461. The summed E-state index contributed by atoms with van der Waals surface area (Å²) in [5, 5.41) is 8.62. The van der Waals surface area contributed by atoms with Gasteiger partial charge in [0.2, 0.25) is 10.0 Å². The third kappa shape index (κ3) is 3.12. The highest BCUT2D eigenvalue weighted by atomic mass is 32.2. The first kappa shape index (κ1) is 18.9. The Balaban J connectivity index is 1.82. The molecule has 0 saturated heterocycles. The molecular weight excluding hydrogens is 351 g/mol. The molecule has 3 N–H and O–H groups in total. The van der Waals surface area contributed by atoms with Gasteiger partial charge in [0.1, 0.15) is 5.82 Å². The van der Waals surface area contributed by atoms with Crippen molar-refractivity contribution in [2.24, 2.45) is 16.0 Å². The van der Waals surface area contributed by atoms with Gasteiger partial charge in [0.15, 0.2) is 0 Å². The van der Waals surface area contributed by atoms with Crippen molar-refractivity contribution >= 4 is 15.7 Å². The number of rotatable bonds is 6. The predicted molar refractivity (Wildman–Crippen MR) is 102 cm³/mol. The van der Waals surface area contributed by atoms with E-state index in [2.05, 4.69) is 26.1 Å². The van der Waals surface area contributed by atoms with Gasteiger partial charge in [-0.15, -0.1) is 0 Å². The lowest BCUT2D eigenvalue weighted by molar-refractivity contribution is 0.389. The Bertz CT molecular complexity index is 892. The first-order chi connectivity index (χ1) is 12.1. The van der Waals surface area contributed by atoms with E-state index in [1.54, 1.807) is 24.3 Å². The van der Waals surface area contributed by atoms with Crippen molar-refractivity contribution in [2.45, 2.75) is 38.0 Å². The normalized spacial score (nSPS) is 24.3. The second-order valence-electron chi connectivity index (χ2n) is 7.64. The van der Waals surface area contributed by atoms with Crippen LogP contribution in [-0.4, -0.2) is 15.0 Å². The molecule has 26 heavy (non-hydrogen) atoms. The average molecular weight is 376 g/mol. The van der Waals surface area contributed by atoms with E-state index in [1.807, 2.05) is 12.1 Å². The SMILES string of the molecule is CCC1(CNc2ccc(F)cc2)C(c2ccc(S(N)(=O)=O)cc2)C1(C)C. The van der Waals surface area contributed by atoms with Gasteiger partial charge < -0.3 is 5.32 Å². The fourth-order valence-electron chi connectivity index (χ4n) is 4.47. The van der Waals surface area contributed by atoms with Gasteiger partial charge in [-0.1, -0.05) is 32.9 Å². The summed E-state index contributed by atoms with van der Waals surface area (Å²) in [6.07, 6.45) is 0.982. The van der Waals surface area contributed by atoms with Crippen molar-refractivity contribution in [3.05, 3.63) is 59.9 Å². The van der Waals surface area contributed by atoms with Gasteiger partial charge in [-0.25, -0.2) is 17.9 Å². The van der Waals surface area contributed by atoms with Gasteiger partial charge in [-0.3, -0.25) is 0 Å². The third-order valence-electron chi connectivity index (χ3n) is 6.10. The van der Waals surface area contributed by atoms with Crippen LogP contribution in [0.3, 0.4) is 0 Å². The smallest absolute Gasteiger partial charge is 0.238 e. The first-order valence-electron chi connectivity index (χ1n) is 8.74. The van der Waals surface area contributed by atoms with Crippen molar-refractivity contribution in [3.8, 4) is 0 Å². The highest BCUT2D eigenvalue weighted by Crippen LogP contribution is 2.75. The van der Waals surface area contributed by atoms with Gasteiger partial charge in [-0.2, -0.15) is 0 Å². The second kappa shape index (κ2) is 6.35. The fourth-order valence-corrected chi connectivity index (χ4v) is 4.99. The number of benzene rings is 2. The Hall–Kier alpha value is -1.92. The zero-order valence-corrected chi connectivity index (χ0v) is 16.1. The van der Waals surface area contributed by atoms with Crippen LogP contribution in [0.15, 0.2) is 53.4 Å². The molecule has 140 valence electrons. The zero-order valence-electron chi connectivity index (χ0n) is 15.3. The van der Waals surface area contributed by atoms with Crippen molar-refractivity contribution in [3.63, 3.8) is 0 Å². The van der Waals surface area contributed by atoms with Crippen molar-refractivity contribution in [1.82, 2.24) is 0 Å². The summed E-state index contributed by atoms with van der Waals surface area (Å²) < 4.78 is 36.0. The van der Waals surface area contributed by atoms with Crippen LogP contribution in [-0.2, 0) is 10.0 Å². The highest BCUT2D eigenvalue weighted by Gasteiger charge is 2.69. The largest absolute Gasteiger partial charge is 0.384 e. The molecule has 0 bridgehead atoms. The lowest BCUT2D eigenvalue weighted by atomic mass is 9.92. The summed E-state index contributed by atoms with van der Waals surface area (Å²) in [5.41, 5.74) is 2.12. The molecule has 1 saturated carbocycles. The van der Waals surface area contributed by atoms with Gasteiger partial charge >= 0.3 is 0 Å². The van der Waals surface area contributed by atoms with E-state index < -0.39 is 10.0 Å². The molecule has 2 aromatic rings. The standard InChI is InChI=1S/C20H25FN2O2S/c1-4-20(13-23-16-9-7-15(21)8-10-16)18(19(20,2)3)14-5-11-17(12-6-14)26(22,24)25/h5-12,18,23H,4,13H2,1-3H3,(H2,22,24,25). The van der Waals surface area contributed by atoms with Gasteiger partial charge in [0, 0.05) is 17.6 Å². The van der Waals surface area contributed by atoms with E-state index in [-0.39, 0.29) is 21.5 Å². The van der Waals surface area contributed by atoms with Crippen molar-refractivity contribution in [2.75, 3.05) is 11.9 Å². The van der Waals surface area contributed by atoms with Gasteiger partial charge in [0.25, 0.3) is 0 Å². The molecule has 0 spiro atoms. The summed E-state index contributed by atoms with van der Waals surface area (Å²) in [5.74, 6) is 0.0582. The van der Waals surface area contributed by atoms with Crippen LogP contribution in [0.2, 0.25) is 0 Å². The number of anilines is 1. The maximum atomic E-state index is 13.1. The summed E-state index contributed by atoms with van der Waals surface area (Å²) in [4.78, 5) is 0.131. The van der Waals surface area contributed by atoms with E-state index >= 15 is 0 Å². The molecule has 0 aliphatic heterocycles. The fraction of sp³-hybridized carbons (Fsp3) is 0.400. The molecule has 0 aromatic heterocycles. The van der Waals surface area contributed by atoms with Crippen LogP contribution in [0.4, 0.5) is 10.1 Å². The molecule has 2 aromatic carbocycles. The maximum Gasteiger partial charge on any atom is 0.238 e. The molecule has 1 aliphatic carbocycles. The minimum Gasteiger partial charge on any atom is -0.384 e. The molecule has 4 nitrogen and oxygen atoms in total. The Kier molecular flexibility index (Phi) is 4.61. The number of primary sulfonamides is 1. The molecule has 1 aliphatic rings. The van der Waals surface area contributed by atoms with Crippen LogP contribution in [0, 0.1) is 16.6 Å². The Morgan fingerprint density at radius 1 is 1.08 bits per heavy atom. The van der Waals surface area contributed by atoms with Crippen LogP contribution in [0.25, 0.3) is 0 Å². The van der Waals surface area contributed by atoms with E-state index in [4.69, 9.17) is 5.14 Å². The van der Waals surface area contributed by atoms with E-state index in [0.717, 1.165) is 24.2 Å². The Morgan fingerprint density at radius 3 is 2.15 bits per heavy atom. The van der Waals surface area contributed by atoms with Crippen LogP contribution in [0.5, 0.6) is 0 Å². The number of hydrogen-bond donors (Lipinski definition) is 2. The molecule has 6 heteroatoms. The van der Waals surface area contributed by atoms with Gasteiger partial charge in [-0.05, 0) is 59.7 Å². The molecule has 0 heterocycles. The number of hydrogen-bond acceptors (Lipinski definition) is 3. The van der Waals surface area contributed by atoms with E-state index in [0.29, 0.717) is 5.92 Å². The summed E-state index contributed by atoms with van der Waals surface area (Å²) in [6.45, 7) is 7.42. The molecule has 0 amide bonds. The lowest BCUT2D eigenvalue weighted by Crippen LogP contribution is -2.20. The van der Waals surface area contributed by atoms with E-state index in [9.17, 15) is 12.8 Å². The van der Waals surface area contributed by atoms with E-state index in [1.165, 1.54) is 12.1 Å². The van der Waals surface area contributed by atoms with Crippen LogP contribution >= 0.6 is 0 Å². The Labute approximate surface area is 154 Å². The van der Waals surface area contributed by atoms with Gasteiger partial charge in [0.05, 0.1) is 4.90 Å². The first-order valence-corrected chi connectivity index (χ1v) is 10.3. The molecule has 2 unspecified atom stereocenters. The molecular formula is C20H25FN2O2S. The summed E-state index contributed by atoms with van der Waals surface area (Å²) in [6, 6.07) is 13.3. The quantitative estimate of drug-likeness (QED) is 0.797. The average Bonchev–Trinajstić information content (AvgIpc) is 3.09. The van der Waals surface area contributed by atoms with Crippen LogP contribution < -0.4 is 10.5 Å². The third-order valence-corrected chi connectivity index (χ3v) is 7.03. The molecule has 0 radical (unpaired) electrons. The second-order valence-corrected chi connectivity index (χ2v) is 9.20. The molecule has 3 rings (SSSR count). The monoisotopic (exact) mass is 376 g/mol. The molecule has 1 fully saturated rings. The topological polar surface area (TPSA) is 72.2 Å². The lowest BCUT2D eigenvalue weighted by Gasteiger charge is -2.20.